The van der Waals surface area contributed by atoms with Crippen LogP contribution in [0.4, 0.5) is 11.5 Å². The Morgan fingerprint density at radius 2 is 2.07 bits per heavy atom. The lowest BCUT2D eigenvalue weighted by molar-refractivity contribution is 0.0995. The average Bonchev–Trinajstić information content (AvgIpc) is 3.36. The second kappa shape index (κ2) is 7.72. The SMILES string of the molecule is Cn1cc(NC(=O)c2coc(-c3ccnc(N4CCOCC4)c3)n2)c(C(N)=O)n1. The number of nitrogens with zero attached hydrogens (tertiary/aromatic N) is 5. The molecule has 1 aliphatic rings. The van der Waals surface area contributed by atoms with Crippen LogP contribution in [-0.2, 0) is 11.8 Å². The van der Waals surface area contributed by atoms with Crippen LogP contribution in [-0.4, -0.2) is 57.9 Å². The van der Waals surface area contributed by atoms with Crippen molar-refractivity contribution in [2.75, 3.05) is 36.5 Å². The van der Waals surface area contributed by atoms with E-state index in [1.165, 1.54) is 17.1 Å². The van der Waals surface area contributed by atoms with Crippen molar-refractivity contribution < 1.29 is 18.7 Å². The summed E-state index contributed by atoms with van der Waals surface area (Å²) in [6, 6.07) is 3.61. The molecular weight excluding hydrogens is 378 g/mol. The predicted molar refractivity (Wildman–Crippen MR) is 102 cm³/mol. The smallest absolute Gasteiger partial charge is 0.277 e. The van der Waals surface area contributed by atoms with E-state index in [2.05, 4.69) is 25.3 Å². The van der Waals surface area contributed by atoms with Crippen molar-refractivity contribution in [1.82, 2.24) is 19.7 Å². The van der Waals surface area contributed by atoms with E-state index in [0.29, 0.717) is 18.8 Å². The van der Waals surface area contributed by atoms with Crippen LogP contribution in [0.15, 0.2) is 35.2 Å². The van der Waals surface area contributed by atoms with Crippen molar-refractivity contribution in [2.45, 2.75) is 0 Å². The Balaban J connectivity index is 1.52. The largest absolute Gasteiger partial charge is 0.444 e. The molecule has 0 aliphatic carbocycles. The first-order valence-electron chi connectivity index (χ1n) is 8.90. The number of carbonyl (C=O) groups is 2. The van der Waals surface area contributed by atoms with Gasteiger partial charge in [0.05, 0.1) is 18.9 Å². The number of ether oxygens (including phenoxy) is 1. The van der Waals surface area contributed by atoms with Gasteiger partial charge in [-0.15, -0.1) is 0 Å². The van der Waals surface area contributed by atoms with Crippen molar-refractivity contribution in [1.29, 1.82) is 0 Å². The molecule has 4 heterocycles. The molecule has 0 aromatic carbocycles. The van der Waals surface area contributed by atoms with Gasteiger partial charge in [0.25, 0.3) is 11.8 Å². The first kappa shape index (κ1) is 18.6. The van der Waals surface area contributed by atoms with Gasteiger partial charge in [-0.25, -0.2) is 9.97 Å². The maximum absolute atomic E-state index is 12.5. The van der Waals surface area contributed by atoms with Gasteiger partial charge < -0.3 is 25.1 Å². The zero-order valence-corrected chi connectivity index (χ0v) is 15.7. The molecule has 0 spiro atoms. The molecule has 11 nitrogen and oxygen atoms in total. The summed E-state index contributed by atoms with van der Waals surface area (Å²) in [7, 11) is 1.62. The number of carbonyl (C=O) groups excluding carboxylic acids is 2. The van der Waals surface area contributed by atoms with E-state index in [1.807, 2.05) is 6.07 Å². The molecule has 29 heavy (non-hydrogen) atoms. The highest BCUT2D eigenvalue weighted by Crippen LogP contribution is 2.23. The van der Waals surface area contributed by atoms with E-state index in [4.69, 9.17) is 14.9 Å². The second-order valence-corrected chi connectivity index (χ2v) is 6.42. The highest BCUT2D eigenvalue weighted by molar-refractivity contribution is 6.07. The van der Waals surface area contributed by atoms with Gasteiger partial charge in [0, 0.05) is 38.1 Å². The maximum Gasteiger partial charge on any atom is 0.277 e. The van der Waals surface area contributed by atoms with E-state index in [0.717, 1.165) is 18.9 Å². The summed E-state index contributed by atoms with van der Waals surface area (Å²) in [4.78, 5) is 34.7. The van der Waals surface area contributed by atoms with Crippen molar-refractivity contribution in [3.63, 3.8) is 0 Å². The van der Waals surface area contributed by atoms with Crippen LogP contribution < -0.4 is 16.0 Å². The van der Waals surface area contributed by atoms with Crippen molar-refractivity contribution in [2.24, 2.45) is 12.8 Å². The Kier molecular flexibility index (Phi) is 4.96. The summed E-state index contributed by atoms with van der Waals surface area (Å²) in [6.07, 6.45) is 4.40. The number of aryl methyl sites for hydroxylation is 1. The number of pyridine rings is 1. The molecule has 3 N–H and O–H groups in total. The first-order chi connectivity index (χ1) is 14.0. The zero-order chi connectivity index (χ0) is 20.4. The topological polar surface area (TPSA) is 141 Å². The molecule has 4 rings (SSSR count). The third-order valence-corrected chi connectivity index (χ3v) is 4.37. The van der Waals surface area contributed by atoms with Crippen LogP contribution in [0, 0.1) is 0 Å². The zero-order valence-electron chi connectivity index (χ0n) is 15.7. The fourth-order valence-electron chi connectivity index (χ4n) is 2.98. The number of aromatic nitrogens is 4. The van der Waals surface area contributed by atoms with Gasteiger partial charge in [-0.05, 0) is 12.1 Å². The third-order valence-electron chi connectivity index (χ3n) is 4.37. The number of primary amides is 1. The van der Waals surface area contributed by atoms with Gasteiger partial charge in [0.15, 0.2) is 11.4 Å². The minimum atomic E-state index is -0.742. The fraction of sp³-hybridized carbons (Fsp3) is 0.278. The summed E-state index contributed by atoms with van der Waals surface area (Å²) in [6.45, 7) is 2.81. The normalized spacial score (nSPS) is 14.0. The third kappa shape index (κ3) is 3.94. The molecule has 0 unspecified atom stereocenters. The lowest BCUT2D eigenvalue weighted by Gasteiger charge is -2.27. The Morgan fingerprint density at radius 3 is 2.83 bits per heavy atom. The molecule has 0 saturated carbocycles. The van der Waals surface area contributed by atoms with Gasteiger partial charge in [-0.1, -0.05) is 0 Å². The molecule has 0 atom stereocenters. The highest BCUT2D eigenvalue weighted by Gasteiger charge is 2.20. The number of morpholine rings is 1. The molecule has 1 aliphatic heterocycles. The Hall–Kier alpha value is -3.73. The fourth-order valence-corrected chi connectivity index (χ4v) is 2.98. The van der Waals surface area contributed by atoms with E-state index in [-0.39, 0.29) is 23.0 Å². The van der Waals surface area contributed by atoms with Crippen LogP contribution in [0.5, 0.6) is 0 Å². The first-order valence-corrected chi connectivity index (χ1v) is 8.90. The quantitative estimate of drug-likeness (QED) is 0.639. The standard InChI is InChI=1S/C18H19N7O4/c1-24-9-12(15(23-24)16(19)26)21-17(27)13-10-29-18(22-13)11-2-3-20-14(8-11)25-4-6-28-7-5-25/h2-3,8-10H,4-7H2,1H3,(H2,19,26)(H,21,27). The monoisotopic (exact) mass is 397 g/mol. The molecule has 0 bridgehead atoms. The van der Waals surface area contributed by atoms with Gasteiger partial charge in [0.2, 0.25) is 5.89 Å². The lowest BCUT2D eigenvalue weighted by atomic mass is 10.2. The van der Waals surface area contributed by atoms with E-state index >= 15 is 0 Å². The van der Waals surface area contributed by atoms with Crippen molar-refractivity contribution in [3.8, 4) is 11.5 Å². The van der Waals surface area contributed by atoms with Gasteiger partial charge in [-0.2, -0.15) is 5.10 Å². The summed E-state index contributed by atoms with van der Waals surface area (Å²) in [5.41, 5.74) is 6.20. The maximum atomic E-state index is 12.5. The molecule has 11 heteroatoms. The minimum Gasteiger partial charge on any atom is -0.444 e. The van der Waals surface area contributed by atoms with Crippen molar-refractivity contribution >= 4 is 23.3 Å². The van der Waals surface area contributed by atoms with E-state index in [1.54, 1.807) is 19.3 Å². The number of amides is 2. The van der Waals surface area contributed by atoms with Gasteiger partial charge >= 0.3 is 0 Å². The molecule has 3 aromatic rings. The molecule has 2 amide bonds. The molecule has 1 saturated heterocycles. The number of hydrogen-bond donors (Lipinski definition) is 2. The summed E-state index contributed by atoms with van der Waals surface area (Å²) in [5, 5.41) is 6.50. The average molecular weight is 397 g/mol. The minimum absolute atomic E-state index is 0.0335. The van der Waals surface area contributed by atoms with Crippen molar-refractivity contribution in [3.05, 3.63) is 42.2 Å². The van der Waals surface area contributed by atoms with Crippen LogP contribution >= 0.6 is 0 Å². The van der Waals surface area contributed by atoms with E-state index < -0.39 is 11.8 Å². The Bertz CT molecular complexity index is 1050. The van der Waals surface area contributed by atoms with Crippen LogP contribution in [0.25, 0.3) is 11.5 Å². The van der Waals surface area contributed by atoms with Crippen LogP contribution in [0.3, 0.4) is 0 Å². The summed E-state index contributed by atoms with van der Waals surface area (Å²) < 4.78 is 12.2. The highest BCUT2D eigenvalue weighted by atomic mass is 16.5. The predicted octanol–water partition coefficient (Wildman–Crippen LogP) is 0.658. The number of hydrogen-bond acceptors (Lipinski definition) is 8. The Labute approximate surface area is 165 Å². The number of nitrogens with one attached hydrogen (secondary N) is 1. The summed E-state index contributed by atoms with van der Waals surface area (Å²) in [5.74, 6) is -0.211. The number of anilines is 2. The van der Waals surface area contributed by atoms with Crippen LogP contribution in [0.1, 0.15) is 21.0 Å². The number of oxazole rings is 1. The summed E-state index contributed by atoms with van der Waals surface area (Å²) >= 11 is 0. The van der Waals surface area contributed by atoms with Gasteiger partial charge in [0.1, 0.15) is 12.1 Å². The molecule has 150 valence electrons. The van der Waals surface area contributed by atoms with E-state index in [9.17, 15) is 9.59 Å². The molecule has 1 fully saturated rings. The molecular formula is C18H19N7O4. The van der Waals surface area contributed by atoms with Crippen LogP contribution in [0.2, 0.25) is 0 Å². The number of rotatable bonds is 5. The molecule has 0 radical (unpaired) electrons. The van der Waals surface area contributed by atoms with Gasteiger partial charge in [-0.3, -0.25) is 14.3 Å². The lowest BCUT2D eigenvalue weighted by Crippen LogP contribution is -2.36. The molecule has 3 aromatic heterocycles. The second-order valence-electron chi connectivity index (χ2n) is 6.42. The Morgan fingerprint density at radius 1 is 1.28 bits per heavy atom. The number of nitrogens with two attached hydrogens (primary N) is 1.